The maximum absolute atomic E-state index is 13.0. The van der Waals surface area contributed by atoms with E-state index in [0.29, 0.717) is 5.78 Å². The Morgan fingerprint density at radius 1 is 1.12 bits per heavy atom. The molecule has 4 heteroatoms. The summed E-state index contributed by atoms with van der Waals surface area (Å²) in [6.45, 7) is 3.82. The standard InChI is InChI=1S/C22H25FN2O/c23-19-6-4-16(5-7-19)9-13-25-14-10-18(11-15-25)22(26)20-3-1-2-17-8-12-24-21(17)20/h1-7,18,24H,8-15H2. The number of hydrogen-bond donors (Lipinski definition) is 1. The lowest BCUT2D eigenvalue weighted by Crippen LogP contribution is -2.37. The van der Waals surface area contributed by atoms with Gasteiger partial charge in [-0.3, -0.25) is 4.79 Å². The van der Waals surface area contributed by atoms with Crippen LogP contribution in [0, 0.1) is 11.7 Å². The van der Waals surface area contributed by atoms with E-state index in [4.69, 9.17) is 0 Å². The van der Waals surface area contributed by atoms with Gasteiger partial charge in [-0.05, 0) is 68.1 Å². The zero-order valence-corrected chi connectivity index (χ0v) is 15.0. The van der Waals surface area contributed by atoms with Crippen molar-refractivity contribution >= 4 is 11.5 Å². The van der Waals surface area contributed by atoms with Crippen LogP contribution in [0.4, 0.5) is 10.1 Å². The minimum absolute atomic E-state index is 0.131. The van der Waals surface area contributed by atoms with Gasteiger partial charge in [-0.15, -0.1) is 0 Å². The summed E-state index contributed by atoms with van der Waals surface area (Å²) in [6.07, 6.45) is 3.78. The first-order valence-corrected chi connectivity index (χ1v) is 9.57. The summed E-state index contributed by atoms with van der Waals surface area (Å²) in [7, 11) is 0. The number of nitrogens with zero attached hydrogens (tertiary/aromatic N) is 1. The van der Waals surface area contributed by atoms with E-state index in [0.717, 1.165) is 68.7 Å². The summed E-state index contributed by atoms with van der Waals surface area (Å²) >= 11 is 0. The van der Waals surface area contributed by atoms with E-state index in [9.17, 15) is 9.18 Å². The Morgan fingerprint density at radius 3 is 2.65 bits per heavy atom. The molecule has 0 spiro atoms. The summed E-state index contributed by atoms with van der Waals surface area (Å²) < 4.78 is 13.0. The molecule has 0 aliphatic carbocycles. The predicted octanol–water partition coefficient (Wildman–Crippen LogP) is 3.93. The van der Waals surface area contributed by atoms with Crippen molar-refractivity contribution in [2.75, 3.05) is 31.5 Å². The fourth-order valence-electron chi connectivity index (χ4n) is 4.12. The lowest BCUT2D eigenvalue weighted by molar-refractivity contribution is 0.0842. The Labute approximate surface area is 154 Å². The summed E-state index contributed by atoms with van der Waals surface area (Å²) in [6, 6.07) is 12.9. The van der Waals surface area contributed by atoms with Crippen LogP contribution in [0.25, 0.3) is 0 Å². The first kappa shape index (κ1) is 17.2. The Balaban J connectivity index is 1.31. The molecular formula is C22H25FN2O. The molecule has 0 aromatic heterocycles. The second-order valence-corrected chi connectivity index (χ2v) is 7.37. The first-order valence-electron chi connectivity index (χ1n) is 9.57. The second kappa shape index (κ2) is 7.58. The molecule has 1 fully saturated rings. The molecule has 136 valence electrons. The van der Waals surface area contributed by atoms with Crippen LogP contribution < -0.4 is 5.32 Å². The van der Waals surface area contributed by atoms with E-state index < -0.39 is 0 Å². The third-order valence-corrected chi connectivity index (χ3v) is 5.70. The van der Waals surface area contributed by atoms with Crippen molar-refractivity contribution in [1.82, 2.24) is 4.90 Å². The number of nitrogens with one attached hydrogen (secondary N) is 1. The van der Waals surface area contributed by atoms with E-state index in [1.54, 1.807) is 0 Å². The van der Waals surface area contributed by atoms with Crippen LogP contribution in [0.3, 0.4) is 0 Å². The summed E-state index contributed by atoms with van der Waals surface area (Å²) in [5.41, 5.74) is 4.38. The molecule has 2 aliphatic heterocycles. The Hall–Kier alpha value is -2.20. The number of anilines is 1. The molecule has 0 atom stereocenters. The zero-order chi connectivity index (χ0) is 17.9. The number of ketones is 1. The average Bonchev–Trinajstić information content (AvgIpc) is 3.16. The summed E-state index contributed by atoms with van der Waals surface area (Å²) in [4.78, 5) is 15.4. The van der Waals surface area contributed by atoms with Crippen LogP contribution >= 0.6 is 0 Å². The van der Waals surface area contributed by atoms with Gasteiger partial charge in [0.15, 0.2) is 5.78 Å². The second-order valence-electron chi connectivity index (χ2n) is 7.37. The Kier molecular flexibility index (Phi) is 5.02. The highest BCUT2D eigenvalue weighted by molar-refractivity contribution is 6.03. The molecule has 0 saturated carbocycles. The van der Waals surface area contributed by atoms with Gasteiger partial charge in [0.05, 0.1) is 0 Å². The molecule has 0 amide bonds. The highest BCUT2D eigenvalue weighted by atomic mass is 19.1. The maximum atomic E-state index is 13.0. The highest BCUT2D eigenvalue weighted by Gasteiger charge is 2.28. The van der Waals surface area contributed by atoms with Gasteiger partial charge >= 0.3 is 0 Å². The van der Waals surface area contributed by atoms with Crippen molar-refractivity contribution in [2.45, 2.75) is 25.7 Å². The lowest BCUT2D eigenvalue weighted by atomic mass is 9.87. The molecule has 0 unspecified atom stereocenters. The molecule has 3 nitrogen and oxygen atoms in total. The van der Waals surface area contributed by atoms with Gasteiger partial charge < -0.3 is 10.2 Å². The lowest BCUT2D eigenvalue weighted by Gasteiger charge is -2.31. The van der Waals surface area contributed by atoms with Gasteiger partial charge in [0, 0.05) is 30.3 Å². The van der Waals surface area contributed by atoms with E-state index in [1.807, 2.05) is 24.3 Å². The summed E-state index contributed by atoms with van der Waals surface area (Å²) in [5, 5.41) is 3.38. The fraction of sp³-hybridized carbons (Fsp3) is 0.409. The van der Waals surface area contributed by atoms with Gasteiger partial charge in [0.2, 0.25) is 0 Å². The van der Waals surface area contributed by atoms with E-state index >= 15 is 0 Å². The van der Waals surface area contributed by atoms with Gasteiger partial charge in [0.25, 0.3) is 0 Å². The number of Topliss-reactive ketones (excluding diaryl/α,β-unsaturated/α-hetero) is 1. The number of para-hydroxylation sites is 1. The quantitative estimate of drug-likeness (QED) is 0.828. The molecule has 2 aromatic rings. The van der Waals surface area contributed by atoms with Crippen LogP contribution in [0.2, 0.25) is 0 Å². The maximum Gasteiger partial charge on any atom is 0.168 e. The SMILES string of the molecule is O=C(c1cccc2c1NCC2)C1CCN(CCc2ccc(F)cc2)CC1. The third kappa shape index (κ3) is 3.65. The number of halogens is 1. The monoisotopic (exact) mass is 352 g/mol. The van der Waals surface area contributed by atoms with Crippen molar-refractivity contribution in [1.29, 1.82) is 0 Å². The average molecular weight is 352 g/mol. The summed E-state index contributed by atoms with van der Waals surface area (Å²) in [5.74, 6) is 0.246. The van der Waals surface area contributed by atoms with Crippen LogP contribution in [0.5, 0.6) is 0 Å². The zero-order valence-electron chi connectivity index (χ0n) is 15.0. The number of likely N-dealkylation sites (tertiary alicyclic amines) is 1. The third-order valence-electron chi connectivity index (χ3n) is 5.70. The van der Waals surface area contributed by atoms with Crippen molar-refractivity contribution in [3.8, 4) is 0 Å². The molecule has 4 rings (SSSR count). The molecule has 26 heavy (non-hydrogen) atoms. The van der Waals surface area contributed by atoms with Gasteiger partial charge in [-0.1, -0.05) is 24.3 Å². The number of fused-ring (bicyclic) bond motifs is 1. The van der Waals surface area contributed by atoms with E-state index in [2.05, 4.69) is 16.3 Å². The molecular weight excluding hydrogens is 327 g/mol. The number of rotatable bonds is 5. The number of piperidine rings is 1. The topological polar surface area (TPSA) is 32.3 Å². The minimum Gasteiger partial charge on any atom is -0.384 e. The van der Waals surface area contributed by atoms with E-state index in [1.165, 1.54) is 17.7 Å². The molecule has 0 radical (unpaired) electrons. The molecule has 2 aliphatic rings. The van der Waals surface area contributed by atoms with Crippen LogP contribution in [0.1, 0.15) is 34.3 Å². The van der Waals surface area contributed by atoms with Crippen molar-refractivity contribution in [3.05, 3.63) is 65.0 Å². The Morgan fingerprint density at radius 2 is 1.88 bits per heavy atom. The van der Waals surface area contributed by atoms with E-state index in [-0.39, 0.29) is 11.7 Å². The Bertz CT molecular complexity index is 779. The number of benzene rings is 2. The molecule has 2 aromatic carbocycles. The van der Waals surface area contributed by atoms with Crippen molar-refractivity contribution < 1.29 is 9.18 Å². The van der Waals surface area contributed by atoms with Gasteiger partial charge in [-0.25, -0.2) is 4.39 Å². The number of carbonyl (C=O) groups excluding carboxylic acids is 1. The predicted molar refractivity (Wildman–Crippen MR) is 102 cm³/mol. The molecule has 1 N–H and O–H groups in total. The highest BCUT2D eigenvalue weighted by Crippen LogP contribution is 2.31. The number of hydrogen-bond acceptors (Lipinski definition) is 3. The first-order chi connectivity index (χ1) is 12.7. The van der Waals surface area contributed by atoms with Crippen LogP contribution in [0.15, 0.2) is 42.5 Å². The van der Waals surface area contributed by atoms with Crippen molar-refractivity contribution in [3.63, 3.8) is 0 Å². The van der Waals surface area contributed by atoms with Crippen molar-refractivity contribution in [2.24, 2.45) is 5.92 Å². The molecule has 1 saturated heterocycles. The normalized spacial score (nSPS) is 17.7. The van der Waals surface area contributed by atoms with Gasteiger partial charge in [0.1, 0.15) is 5.82 Å². The van der Waals surface area contributed by atoms with Crippen LogP contribution in [-0.2, 0) is 12.8 Å². The minimum atomic E-state index is -0.185. The smallest absolute Gasteiger partial charge is 0.168 e. The number of carbonyl (C=O) groups is 1. The molecule has 0 bridgehead atoms. The largest absolute Gasteiger partial charge is 0.384 e. The van der Waals surface area contributed by atoms with Gasteiger partial charge in [-0.2, -0.15) is 0 Å². The van der Waals surface area contributed by atoms with Crippen LogP contribution in [-0.4, -0.2) is 36.9 Å². The molecule has 2 heterocycles. The fourth-order valence-corrected chi connectivity index (χ4v) is 4.12.